The van der Waals surface area contributed by atoms with Crippen LogP contribution in [-0.4, -0.2) is 11.1 Å². The summed E-state index contributed by atoms with van der Waals surface area (Å²) in [4.78, 5) is 10.3. The third-order valence-electron chi connectivity index (χ3n) is 1.80. The molecule has 0 saturated carbocycles. The number of halogens is 2. The van der Waals surface area contributed by atoms with E-state index in [1.54, 1.807) is 13.0 Å². The van der Waals surface area contributed by atoms with Crippen LogP contribution in [0.2, 0.25) is 0 Å². The van der Waals surface area contributed by atoms with Crippen molar-refractivity contribution in [3.8, 4) is 0 Å². The van der Waals surface area contributed by atoms with E-state index in [-0.39, 0.29) is 18.1 Å². The number of aliphatic carboxylic acids is 1. The second-order valence-electron chi connectivity index (χ2n) is 2.90. The minimum absolute atomic E-state index is 0. The van der Waals surface area contributed by atoms with Gasteiger partial charge in [-0.1, -0.05) is 6.07 Å². The lowest BCUT2D eigenvalue weighted by atomic mass is 10.1. The van der Waals surface area contributed by atoms with Gasteiger partial charge in [0.05, 0.1) is 5.69 Å². The minimum atomic E-state index is -1.06. The van der Waals surface area contributed by atoms with Gasteiger partial charge in [0.1, 0.15) is 5.82 Å². The maximum atomic E-state index is 13.0. The van der Waals surface area contributed by atoms with Crippen molar-refractivity contribution in [2.24, 2.45) is 0 Å². The summed E-state index contributed by atoms with van der Waals surface area (Å²) in [6.07, 6.45) is 1.02. The maximum absolute atomic E-state index is 13.0. The molecule has 0 atom stereocenters. The molecule has 82 valence electrons. The van der Waals surface area contributed by atoms with E-state index >= 15 is 0 Å². The summed E-state index contributed by atoms with van der Waals surface area (Å²) >= 11 is 0. The number of hydrogen-bond acceptors (Lipinski definition) is 2. The van der Waals surface area contributed by atoms with E-state index in [2.05, 4.69) is 0 Å². The molecule has 0 bridgehead atoms. The highest BCUT2D eigenvalue weighted by molar-refractivity contribution is 5.89. The molecule has 15 heavy (non-hydrogen) atoms. The molecule has 0 unspecified atom stereocenters. The molecule has 1 aromatic rings. The fraction of sp³-hybridized carbons (Fsp3) is 0.100. The Bertz CT molecular complexity index is 404. The average molecular weight is 232 g/mol. The van der Waals surface area contributed by atoms with Crippen molar-refractivity contribution < 1.29 is 14.3 Å². The van der Waals surface area contributed by atoms with Gasteiger partial charge in [-0.3, -0.25) is 0 Å². The fourth-order valence-corrected chi connectivity index (χ4v) is 1.04. The predicted octanol–water partition coefficient (Wildman–Crippen LogP) is 2.32. The summed E-state index contributed by atoms with van der Waals surface area (Å²) in [5.74, 6) is -1.60. The lowest BCUT2D eigenvalue weighted by Crippen LogP contribution is -1.93. The number of rotatable bonds is 2. The average Bonchev–Trinajstić information content (AvgIpc) is 2.08. The smallest absolute Gasteiger partial charge is 0.328 e. The number of carbonyl (C=O) groups is 1. The van der Waals surface area contributed by atoms with Crippen molar-refractivity contribution in [2.45, 2.75) is 6.92 Å². The summed E-state index contributed by atoms with van der Waals surface area (Å²) in [5, 5.41) is 8.47. The first-order valence-corrected chi connectivity index (χ1v) is 3.97. The van der Waals surface area contributed by atoms with Gasteiger partial charge in [-0.25, -0.2) is 9.18 Å². The number of carboxylic acids is 1. The molecule has 0 aliphatic rings. The molecule has 0 saturated heterocycles. The van der Waals surface area contributed by atoms with Crippen LogP contribution in [0.4, 0.5) is 10.1 Å². The highest BCUT2D eigenvalue weighted by Crippen LogP contribution is 2.18. The van der Waals surface area contributed by atoms with Crippen molar-refractivity contribution in [1.29, 1.82) is 0 Å². The first-order valence-electron chi connectivity index (χ1n) is 3.97. The Labute approximate surface area is 92.8 Å². The number of nitrogen functional groups attached to an aromatic ring is 1. The van der Waals surface area contributed by atoms with Gasteiger partial charge in [0, 0.05) is 6.08 Å². The van der Waals surface area contributed by atoms with Crippen LogP contribution >= 0.6 is 12.4 Å². The Hall–Kier alpha value is -1.55. The van der Waals surface area contributed by atoms with Crippen molar-refractivity contribution in [3.63, 3.8) is 0 Å². The highest BCUT2D eigenvalue weighted by Gasteiger charge is 2.02. The molecule has 0 aliphatic heterocycles. The van der Waals surface area contributed by atoms with Gasteiger partial charge in [-0.05, 0) is 30.2 Å². The molecular weight excluding hydrogens is 221 g/mol. The van der Waals surface area contributed by atoms with Gasteiger partial charge in [0.2, 0.25) is 0 Å². The van der Waals surface area contributed by atoms with Crippen LogP contribution in [0.5, 0.6) is 0 Å². The van der Waals surface area contributed by atoms with Crippen LogP contribution in [0.15, 0.2) is 24.3 Å². The molecule has 1 aromatic carbocycles. The van der Waals surface area contributed by atoms with E-state index in [4.69, 9.17) is 10.8 Å². The Morgan fingerprint density at radius 1 is 1.53 bits per heavy atom. The van der Waals surface area contributed by atoms with Gasteiger partial charge in [-0.2, -0.15) is 0 Å². The van der Waals surface area contributed by atoms with Gasteiger partial charge < -0.3 is 10.8 Å². The van der Waals surface area contributed by atoms with Crippen molar-refractivity contribution in [2.75, 3.05) is 5.73 Å². The molecule has 1 rings (SSSR count). The summed E-state index contributed by atoms with van der Waals surface area (Å²) in [7, 11) is 0. The van der Waals surface area contributed by atoms with Crippen molar-refractivity contribution in [3.05, 3.63) is 35.7 Å². The van der Waals surface area contributed by atoms with Crippen LogP contribution in [-0.2, 0) is 4.79 Å². The first-order chi connectivity index (χ1) is 6.50. The van der Waals surface area contributed by atoms with Crippen LogP contribution < -0.4 is 5.73 Å². The zero-order valence-corrected chi connectivity index (χ0v) is 8.84. The highest BCUT2D eigenvalue weighted by atomic mass is 35.5. The number of hydrogen-bond donors (Lipinski definition) is 2. The third kappa shape index (κ3) is 3.59. The maximum Gasteiger partial charge on any atom is 0.328 e. The van der Waals surface area contributed by atoms with Crippen LogP contribution in [0.25, 0.3) is 5.57 Å². The van der Waals surface area contributed by atoms with Crippen LogP contribution in [0.3, 0.4) is 0 Å². The van der Waals surface area contributed by atoms with Crippen molar-refractivity contribution in [1.82, 2.24) is 0 Å². The molecule has 3 N–H and O–H groups in total. The quantitative estimate of drug-likeness (QED) is 0.607. The third-order valence-corrected chi connectivity index (χ3v) is 1.80. The summed E-state index contributed by atoms with van der Waals surface area (Å²) in [6.45, 7) is 1.60. The van der Waals surface area contributed by atoms with E-state index in [9.17, 15) is 9.18 Å². The minimum Gasteiger partial charge on any atom is -0.478 e. The lowest BCUT2D eigenvalue weighted by Gasteiger charge is -2.02. The normalized spacial score (nSPS) is 10.7. The molecule has 0 heterocycles. The summed E-state index contributed by atoms with van der Waals surface area (Å²) in [5.41, 5.74) is 6.33. The Kier molecular flexibility index (Phi) is 4.81. The lowest BCUT2D eigenvalue weighted by molar-refractivity contribution is -0.131. The van der Waals surface area contributed by atoms with Crippen LogP contribution in [0, 0.1) is 5.82 Å². The van der Waals surface area contributed by atoms with Gasteiger partial charge in [0.25, 0.3) is 0 Å². The summed E-state index contributed by atoms with van der Waals surface area (Å²) < 4.78 is 13.0. The predicted molar refractivity (Wildman–Crippen MR) is 59.3 cm³/mol. The largest absolute Gasteiger partial charge is 0.478 e. The second kappa shape index (κ2) is 5.36. The van der Waals surface area contributed by atoms with E-state index in [0.717, 1.165) is 6.08 Å². The van der Waals surface area contributed by atoms with E-state index < -0.39 is 11.8 Å². The number of carboxylic acid groups (broad SMARTS) is 1. The topological polar surface area (TPSA) is 63.3 Å². The zero-order valence-electron chi connectivity index (χ0n) is 8.03. The molecule has 0 amide bonds. The van der Waals surface area contributed by atoms with Gasteiger partial charge in [-0.15, -0.1) is 12.4 Å². The molecule has 0 spiro atoms. The fourth-order valence-electron chi connectivity index (χ4n) is 1.04. The molecule has 0 radical (unpaired) electrons. The Balaban J connectivity index is 0.00000196. The summed E-state index contributed by atoms with van der Waals surface area (Å²) in [6, 6.07) is 4.20. The second-order valence-corrected chi connectivity index (χ2v) is 2.90. The monoisotopic (exact) mass is 231 g/mol. The molecule has 5 heteroatoms. The standard InChI is InChI=1S/C10H10FNO2.ClH/c1-6(4-10(13)14)7-2-3-9(12)8(11)5-7;/h2-5H,12H2,1H3,(H,13,14);1H. The Morgan fingerprint density at radius 2 is 2.13 bits per heavy atom. The number of benzene rings is 1. The molecule has 3 nitrogen and oxygen atoms in total. The van der Waals surface area contributed by atoms with Crippen molar-refractivity contribution >= 4 is 29.6 Å². The first kappa shape index (κ1) is 13.4. The van der Waals surface area contributed by atoms with Gasteiger partial charge >= 0.3 is 5.97 Å². The molecule has 0 aliphatic carbocycles. The molecule has 0 fully saturated rings. The molecular formula is C10H11ClFNO2. The van der Waals surface area contributed by atoms with Gasteiger partial charge in [0.15, 0.2) is 0 Å². The number of allylic oxidation sites excluding steroid dienone is 1. The van der Waals surface area contributed by atoms with E-state index in [1.165, 1.54) is 12.1 Å². The number of nitrogens with two attached hydrogens (primary N) is 1. The Morgan fingerprint density at radius 3 is 2.60 bits per heavy atom. The van der Waals surface area contributed by atoms with E-state index in [1.807, 2.05) is 0 Å². The molecule has 0 aromatic heterocycles. The van der Waals surface area contributed by atoms with Crippen LogP contribution in [0.1, 0.15) is 12.5 Å². The van der Waals surface area contributed by atoms with E-state index in [0.29, 0.717) is 11.1 Å². The SMILES string of the molecule is CC(=CC(=O)O)c1ccc(N)c(F)c1.Cl. The number of anilines is 1. The zero-order chi connectivity index (χ0) is 10.7.